The highest BCUT2D eigenvalue weighted by Crippen LogP contribution is 2.18. The van der Waals surface area contributed by atoms with Gasteiger partial charge in [0.05, 0.1) is 6.54 Å². The van der Waals surface area contributed by atoms with Crippen LogP contribution in [0.5, 0.6) is 0 Å². The van der Waals surface area contributed by atoms with Gasteiger partial charge >= 0.3 is 0 Å². The van der Waals surface area contributed by atoms with Gasteiger partial charge in [-0.3, -0.25) is 9.69 Å². The van der Waals surface area contributed by atoms with E-state index in [1.807, 2.05) is 0 Å². The Morgan fingerprint density at radius 3 is 2.80 bits per heavy atom. The third-order valence-corrected chi connectivity index (χ3v) is 3.49. The highest BCUT2D eigenvalue weighted by molar-refractivity contribution is 6.29. The molecule has 1 aromatic rings. The predicted octanol–water partition coefficient (Wildman–Crippen LogP) is 0.335. The van der Waals surface area contributed by atoms with E-state index in [0.29, 0.717) is 23.6 Å². The number of nitrogens with one attached hydrogen (secondary N) is 2. The zero-order chi connectivity index (χ0) is 14.5. The molecule has 7 nitrogen and oxygen atoms in total. The van der Waals surface area contributed by atoms with E-state index in [-0.39, 0.29) is 11.9 Å². The van der Waals surface area contributed by atoms with E-state index >= 15 is 0 Å². The van der Waals surface area contributed by atoms with Gasteiger partial charge in [-0.1, -0.05) is 11.6 Å². The molecule has 2 rings (SSSR count). The van der Waals surface area contributed by atoms with E-state index in [1.165, 1.54) is 0 Å². The molecule has 0 saturated carbocycles. The number of anilines is 2. The number of likely N-dealkylation sites (N-methyl/N-ethyl adjacent to an activating group) is 1. The number of halogens is 1. The molecule has 1 amide bonds. The summed E-state index contributed by atoms with van der Waals surface area (Å²) < 4.78 is 0. The summed E-state index contributed by atoms with van der Waals surface area (Å²) >= 11 is 5.84. The lowest BCUT2D eigenvalue weighted by molar-refractivity contribution is -0.122. The fourth-order valence-corrected chi connectivity index (χ4v) is 2.43. The number of carbonyl (C=O) groups excluding carboxylic acids is 1. The predicted molar refractivity (Wildman–Crippen MR) is 78.6 cm³/mol. The van der Waals surface area contributed by atoms with E-state index < -0.39 is 0 Å². The molecule has 110 valence electrons. The topological polar surface area (TPSA) is 96.2 Å². The molecule has 4 N–H and O–H groups in total. The quantitative estimate of drug-likeness (QED) is 0.694. The molecular formula is C12H19ClN6O. The van der Waals surface area contributed by atoms with Crippen molar-refractivity contribution in [1.82, 2.24) is 20.2 Å². The number of amides is 1. The van der Waals surface area contributed by atoms with Crippen LogP contribution in [0, 0.1) is 0 Å². The van der Waals surface area contributed by atoms with Crippen LogP contribution in [0.25, 0.3) is 0 Å². The van der Waals surface area contributed by atoms with Crippen molar-refractivity contribution in [2.45, 2.75) is 18.9 Å². The van der Waals surface area contributed by atoms with Gasteiger partial charge in [0.25, 0.3) is 0 Å². The highest BCUT2D eigenvalue weighted by atomic mass is 35.5. The molecule has 0 radical (unpaired) electrons. The Bertz CT molecular complexity index is 455. The van der Waals surface area contributed by atoms with E-state index in [9.17, 15) is 4.79 Å². The summed E-state index contributed by atoms with van der Waals surface area (Å²) in [4.78, 5) is 21.4. The lowest BCUT2D eigenvalue weighted by Gasteiger charge is -2.32. The number of rotatable bonds is 4. The Labute approximate surface area is 122 Å². The van der Waals surface area contributed by atoms with Crippen LogP contribution in [0.2, 0.25) is 5.15 Å². The van der Waals surface area contributed by atoms with Crippen LogP contribution >= 0.6 is 11.6 Å². The maximum absolute atomic E-state index is 11.3. The zero-order valence-corrected chi connectivity index (χ0v) is 12.2. The minimum atomic E-state index is 0.0479. The van der Waals surface area contributed by atoms with Crippen molar-refractivity contribution in [2.24, 2.45) is 0 Å². The summed E-state index contributed by atoms with van der Waals surface area (Å²) in [5.74, 6) is 0.857. The van der Waals surface area contributed by atoms with E-state index in [0.717, 1.165) is 25.9 Å². The maximum atomic E-state index is 11.3. The molecule has 8 heteroatoms. The van der Waals surface area contributed by atoms with Crippen LogP contribution in [0.1, 0.15) is 12.8 Å². The minimum Gasteiger partial charge on any atom is -0.368 e. The van der Waals surface area contributed by atoms with Crippen molar-refractivity contribution in [1.29, 1.82) is 0 Å². The molecular weight excluding hydrogens is 280 g/mol. The average Bonchev–Trinajstić information content (AvgIpc) is 2.39. The number of piperidine rings is 1. The van der Waals surface area contributed by atoms with Gasteiger partial charge in [-0.2, -0.15) is 4.98 Å². The van der Waals surface area contributed by atoms with Crippen LogP contribution in [0.15, 0.2) is 6.07 Å². The van der Waals surface area contributed by atoms with Crippen molar-refractivity contribution in [2.75, 3.05) is 37.7 Å². The number of carbonyl (C=O) groups is 1. The summed E-state index contributed by atoms with van der Waals surface area (Å²) in [5.41, 5.74) is 5.56. The van der Waals surface area contributed by atoms with Gasteiger partial charge in [0.15, 0.2) is 0 Å². The van der Waals surface area contributed by atoms with Gasteiger partial charge in [0, 0.05) is 32.2 Å². The summed E-state index contributed by atoms with van der Waals surface area (Å²) in [5, 5.41) is 6.27. The van der Waals surface area contributed by atoms with E-state index in [1.54, 1.807) is 13.1 Å². The lowest BCUT2D eigenvalue weighted by atomic mass is 10.1. The van der Waals surface area contributed by atoms with Crippen molar-refractivity contribution in [3.05, 3.63) is 11.2 Å². The van der Waals surface area contributed by atoms with Gasteiger partial charge < -0.3 is 16.4 Å². The van der Waals surface area contributed by atoms with Crippen LogP contribution < -0.4 is 16.4 Å². The first-order valence-electron chi connectivity index (χ1n) is 6.56. The summed E-state index contributed by atoms with van der Waals surface area (Å²) in [6.45, 7) is 2.20. The van der Waals surface area contributed by atoms with Crippen LogP contribution in [0.4, 0.5) is 11.8 Å². The molecule has 20 heavy (non-hydrogen) atoms. The molecule has 1 fully saturated rings. The fourth-order valence-electron chi connectivity index (χ4n) is 2.24. The number of nitrogens with zero attached hydrogens (tertiary/aromatic N) is 3. The van der Waals surface area contributed by atoms with Gasteiger partial charge in [0.1, 0.15) is 11.0 Å². The molecule has 1 aliphatic rings. The van der Waals surface area contributed by atoms with Crippen LogP contribution in [-0.2, 0) is 4.79 Å². The number of nitrogens with two attached hydrogens (primary N) is 1. The molecule has 0 bridgehead atoms. The van der Waals surface area contributed by atoms with Crippen molar-refractivity contribution in [3.8, 4) is 0 Å². The summed E-state index contributed by atoms with van der Waals surface area (Å²) in [7, 11) is 1.65. The van der Waals surface area contributed by atoms with Crippen LogP contribution in [-0.4, -0.2) is 53.5 Å². The smallest absolute Gasteiger partial charge is 0.233 e. The molecule has 0 unspecified atom stereocenters. The van der Waals surface area contributed by atoms with Crippen molar-refractivity contribution in [3.63, 3.8) is 0 Å². The standard InChI is InChI=1S/C12H19ClN6O/c1-15-11(20)7-19-4-2-8(3-5-19)16-10-6-9(13)17-12(14)18-10/h6,8H,2-5,7H2,1H3,(H,15,20)(H3,14,16,17,18). The monoisotopic (exact) mass is 298 g/mol. The number of hydrogen-bond donors (Lipinski definition) is 3. The van der Waals surface area contributed by atoms with E-state index in [2.05, 4.69) is 25.5 Å². The normalized spacial score (nSPS) is 16.9. The maximum Gasteiger partial charge on any atom is 0.233 e. The minimum absolute atomic E-state index is 0.0479. The summed E-state index contributed by atoms with van der Waals surface area (Å²) in [6, 6.07) is 1.97. The third-order valence-electron chi connectivity index (χ3n) is 3.30. The molecule has 1 aliphatic heterocycles. The Kier molecular flexibility index (Phi) is 4.97. The fraction of sp³-hybridized carbons (Fsp3) is 0.583. The first kappa shape index (κ1) is 14.8. The molecule has 1 aromatic heterocycles. The number of nitrogen functional groups attached to an aromatic ring is 1. The van der Waals surface area contributed by atoms with Crippen molar-refractivity contribution < 1.29 is 4.79 Å². The number of likely N-dealkylation sites (tertiary alicyclic amines) is 1. The Balaban J connectivity index is 1.83. The molecule has 0 aliphatic carbocycles. The first-order chi connectivity index (χ1) is 9.56. The second kappa shape index (κ2) is 6.71. The molecule has 1 saturated heterocycles. The second-order valence-corrected chi connectivity index (χ2v) is 5.19. The van der Waals surface area contributed by atoms with E-state index in [4.69, 9.17) is 17.3 Å². The molecule has 0 aromatic carbocycles. The first-order valence-corrected chi connectivity index (χ1v) is 6.94. The zero-order valence-electron chi connectivity index (χ0n) is 11.4. The highest BCUT2D eigenvalue weighted by Gasteiger charge is 2.20. The number of aromatic nitrogens is 2. The Morgan fingerprint density at radius 2 is 2.20 bits per heavy atom. The number of hydrogen-bond acceptors (Lipinski definition) is 6. The van der Waals surface area contributed by atoms with Gasteiger partial charge in [-0.25, -0.2) is 4.98 Å². The molecule has 0 spiro atoms. The second-order valence-electron chi connectivity index (χ2n) is 4.80. The van der Waals surface area contributed by atoms with Crippen LogP contribution in [0.3, 0.4) is 0 Å². The molecule has 0 atom stereocenters. The van der Waals surface area contributed by atoms with Gasteiger partial charge in [-0.05, 0) is 12.8 Å². The largest absolute Gasteiger partial charge is 0.368 e. The summed E-state index contributed by atoms with van der Waals surface area (Å²) in [6.07, 6.45) is 1.89. The average molecular weight is 299 g/mol. The lowest BCUT2D eigenvalue weighted by Crippen LogP contribution is -2.43. The van der Waals surface area contributed by atoms with Gasteiger partial charge in [0.2, 0.25) is 11.9 Å². The SMILES string of the molecule is CNC(=O)CN1CCC(Nc2cc(Cl)nc(N)n2)CC1. The van der Waals surface area contributed by atoms with Gasteiger partial charge in [-0.15, -0.1) is 0 Å². The Morgan fingerprint density at radius 1 is 1.50 bits per heavy atom. The molecule has 2 heterocycles. The third kappa shape index (κ3) is 4.21. The van der Waals surface area contributed by atoms with Crippen molar-refractivity contribution >= 4 is 29.3 Å². The Hall–Kier alpha value is -1.60.